The van der Waals surface area contributed by atoms with Crippen molar-refractivity contribution in [2.45, 2.75) is 25.8 Å². The minimum Gasteiger partial charge on any atom is -0.348 e. The predicted molar refractivity (Wildman–Crippen MR) is 56.7 cm³/mol. The van der Waals surface area contributed by atoms with E-state index in [1.807, 2.05) is 0 Å². The Hall–Kier alpha value is -1.16. The molecule has 1 aromatic heterocycles. The Morgan fingerprint density at radius 1 is 1.53 bits per heavy atom. The molecular formula is C10H12ClN3O. The van der Waals surface area contributed by atoms with Gasteiger partial charge in [-0.15, -0.1) is 0 Å². The summed E-state index contributed by atoms with van der Waals surface area (Å²) in [6.07, 6.45) is 5.04. The van der Waals surface area contributed by atoms with Gasteiger partial charge in [0.2, 0.25) is 0 Å². The van der Waals surface area contributed by atoms with Gasteiger partial charge in [0.25, 0.3) is 5.91 Å². The largest absolute Gasteiger partial charge is 0.348 e. The average Bonchev–Trinajstić information content (AvgIpc) is 2.23. The SMILES string of the molecule is CC1CCC1NC(=O)c1cncc(Cl)n1. The molecule has 1 aliphatic carbocycles. The van der Waals surface area contributed by atoms with Crippen LogP contribution in [0.5, 0.6) is 0 Å². The second kappa shape index (κ2) is 4.14. The van der Waals surface area contributed by atoms with Crippen molar-refractivity contribution >= 4 is 17.5 Å². The van der Waals surface area contributed by atoms with Crippen LogP contribution in [0.15, 0.2) is 12.4 Å². The number of carbonyl (C=O) groups excluding carboxylic acids is 1. The summed E-state index contributed by atoms with van der Waals surface area (Å²) in [6, 6.07) is 0.276. The second-order valence-corrected chi connectivity index (χ2v) is 4.25. The fraction of sp³-hybridized carbons (Fsp3) is 0.500. The first-order valence-electron chi connectivity index (χ1n) is 4.95. The lowest BCUT2D eigenvalue weighted by Gasteiger charge is -2.34. The van der Waals surface area contributed by atoms with E-state index in [1.54, 1.807) is 0 Å². The Kier molecular flexibility index (Phi) is 2.86. The van der Waals surface area contributed by atoms with E-state index in [-0.39, 0.29) is 22.8 Å². The molecule has 5 heteroatoms. The number of halogens is 1. The van der Waals surface area contributed by atoms with Crippen LogP contribution < -0.4 is 5.32 Å². The van der Waals surface area contributed by atoms with Gasteiger partial charge in [-0.1, -0.05) is 18.5 Å². The fourth-order valence-corrected chi connectivity index (χ4v) is 1.72. The highest BCUT2D eigenvalue weighted by molar-refractivity contribution is 6.29. The maximum absolute atomic E-state index is 11.7. The van der Waals surface area contributed by atoms with Gasteiger partial charge in [-0.25, -0.2) is 4.98 Å². The van der Waals surface area contributed by atoms with E-state index in [0.29, 0.717) is 5.92 Å². The third-order valence-corrected chi connectivity index (χ3v) is 2.96. The Morgan fingerprint density at radius 3 is 2.87 bits per heavy atom. The van der Waals surface area contributed by atoms with Crippen LogP contribution in [0.3, 0.4) is 0 Å². The highest BCUT2D eigenvalue weighted by Gasteiger charge is 2.28. The number of hydrogen-bond acceptors (Lipinski definition) is 3. The molecule has 1 fully saturated rings. The maximum Gasteiger partial charge on any atom is 0.271 e. The summed E-state index contributed by atoms with van der Waals surface area (Å²) < 4.78 is 0. The zero-order chi connectivity index (χ0) is 10.8. The molecule has 2 rings (SSSR count). The van der Waals surface area contributed by atoms with Crippen LogP contribution in [0.25, 0.3) is 0 Å². The molecule has 1 aliphatic rings. The number of carbonyl (C=O) groups is 1. The zero-order valence-electron chi connectivity index (χ0n) is 8.40. The second-order valence-electron chi connectivity index (χ2n) is 3.86. The van der Waals surface area contributed by atoms with Crippen LogP contribution in [0, 0.1) is 5.92 Å². The summed E-state index contributed by atoms with van der Waals surface area (Å²) in [5.74, 6) is 0.364. The number of nitrogens with one attached hydrogen (secondary N) is 1. The van der Waals surface area contributed by atoms with Gasteiger partial charge in [-0.2, -0.15) is 0 Å². The van der Waals surface area contributed by atoms with Crippen LogP contribution in [0.2, 0.25) is 5.15 Å². The van der Waals surface area contributed by atoms with Crippen molar-refractivity contribution in [3.8, 4) is 0 Å². The molecule has 2 unspecified atom stereocenters. The first kappa shape index (κ1) is 10.4. The lowest BCUT2D eigenvalue weighted by molar-refractivity contribution is 0.0879. The molecule has 1 heterocycles. The number of amides is 1. The van der Waals surface area contributed by atoms with Gasteiger partial charge in [0.05, 0.1) is 12.4 Å². The van der Waals surface area contributed by atoms with E-state index in [2.05, 4.69) is 22.2 Å². The summed E-state index contributed by atoms with van der Waals surface area (Å²) in [5, 5.41) is 3.15. The minimum atomic E-state index is -0.193. The van der Waals surface area contributed by atoms with Crippen LogP contribution in [0.4, 0.5) is 0 Å². The molecule has 1 saturated carbocycles. The zero-order valence-corrected chi connectivity index (χ0v) is 9.16. The van der Waals surface area contributed by atoms with E-state index in [1.165, 1.54) is 18.8 Å². The number of nitrogens with zero attached hydrogens (tertiary/aromatic N) is 2. The van der Waals surface area contributed by atoms with E-state index in [9.17, 15) is 4.79 Å². The van der Waals surface area contributed by atoms with Gasteiger partial charge >= 0.3 is 0 Å². The molecule has 0 saturated heterocycles. The van der Waals surface area contributed by atoms with Crippen molar-refractivity contribution in [3.05, 3.63) is 23.2 Å². The Bertz CT molecular complexity index is 383. The summed E-state index contributed by atoms with van der Waals surface area (Å²) >= 11 is 5.65. The van der Waals surface area contributed by atoms with E-state index < -0.39 is 0 Å². The Balaban J connectivity index is 2.01. The van der Waals surface area contributed by atoms with Crippen LogP contribution >= 0.6 is 11.6 Å². The fourth-order valence-electron chi connectivity index (χ4n) is 1.57. The van der Waals surface area contributed by atoms with Crippen molar-refractivity contribution in [3.63, 3.8) is 0 Å². The first-order valence-corrected chi connectivity index (χ1v) is 5.33. The molecule has 15 heavy (non-hydrogen) atoms. The van der Waals surface area contributed by atoms with Gasteiger partial charge < -0.3 is 5.32 Å². The van der Waals surface area contributed by atoms with E-state index >= 15 is 0 Å². The molecule has 1 amide bonds. The number of hydrogen-bond donors (Lipinski definition) is 1. The molecule has 0 aliphatic heterocycles. The van der Waals surface area contributed by atoms with Crippen LogP contribution in [-0.2, 0) is 0 Å². The molecule has 0 spiro atoms. The molecule has 0 radical (unpaired) electrons. The highest BCUT2D eigenvalue weighted by Crippen LogP contribution is 2.26. The van der Waals surface area contributed by atoms with Gasteiger partial charge in [0.15, 0.2) is 0 Å². The Labute approximate surface area is 93.1 Å². The summed E-state index contributed by atoms with van der Waals surface area (Å²) in [4.78, 5) is 19.4. The van der Waals surface area contributed by atoms with Gasteiger partial charge in [-0.3, -0.25) is 9.78 Å². The molecule has 1 aromatic rings. The summed E-state index contributed by atoms with van der Waals surface area (Å²) in [6.45, 7) is 2.12. The molecule has 80 valence electrons. The van der Waals surface area contributed by atoms with Gasteiger partial charge in [0.1, 0.15) is 10.8 Å². The smallest absolute Gasteiger partial charge is 0.271 e. The molecule has 0 bridgehead atoms. The Morgan fingerprint density at radius 2 is 2.33 bits per heavy atom. The summed E-state index contributed by atoms with van der Waals surface area (Å²) in [7, 11) is 0. The van der Waals surface area contributed by atoms with Crippen LogP contribution in [-0.4, -0.2) is 21.9 Å². The van der Waals surface area contributed by atoms with Crippen molar-refractivity contribution in [1.29, 1.82) is 0 Å². The third-order valence-electron chi connectivity index (χ3n) is 2.77. The van der Waals surface area contributed by atoms with E-state index in [0.717, 1.165) is 6.42 Å². The van der Waals surface area contributed by atoms with Gasteiger partial charge in [0, 0.05) is 6.04 Å². The maximum atomic E-state index is 11.7. The average molecular weight is 226 g/mol. The highest BCUT2D eigenvalue weighted by atomic mass is 35.5. The van der Waals surface area contributed by atoms with Crippen molar-refractivity contribution in [2.24, 2.45) is 5.92 Å². The predicted octanol–water partition coefficient (Wildman–Crippen LogP) is 1.66. The molecule has 1 N–H and O–H groups in total. The minimum absolute atomic E-state index is 0.193. The normalized spacial score (nSPS) is 24.4. The first-order chi connectivity index (χ1) is 7.16. The lowest BCUT2D eigenvalue weighted by atomic mass is 9.81. The van der Waals surface area contributed by atoms with Gasteiger partial charge in [-0.05, 0) is 18.8 Å². The van der Waals surface area contributed by atoms with Crippen LogP contribution in [0.1, 0.15) is 30.3 Å². The quantitative estimate of drug-likeness (QED) is 0.833. The number of rotatable bonds is 2. The number of aromatic nitrogens is 2. The molecule has 4 nitrogen and oxygen atoms in total. The standard InChI is InChI=1S/C10H12ClN3O/c1-6-2-3-7(6)14-10(15)8-4-12-5-9(11)13-8/h4-7H,2-3H2,1H3,(H,14,15). The third kappa shape index (κ3) is 2.26. The lowest BCUT2D eigenvalue weighted by Crippen LogP contribution is -2.45. The van der Waals surface area contributed by atoms with Crippen molar-refractivity contribution < 1.29 is 4.79 Å². The van der Waals surface area contributed by atoms with Crippen molar-refractivity contribution in [1.82, 2.24) is 15.3 Å². The molecular weight excluding hydrogens is 214 g/mol. The monoisotopic (exact) mass is 225 g/mol. The van der Waals surface area contributed by atoms with E-state index in [4.69, 9.17) is 11.6 Å². The summed E-state index contributed by atoms with van der Waals surface area (Å²) in [5.41, 5.74) is 0.279. The van der Waals surface area contributed by atoms with Crippen molar-refractivity contribution in [2.75, 3.05) is 0 Å². The molecule has 2 atom stereocenters. The topological polar surface area (TPSA) is 54.9 Å². The molecule has 0 aromatic carbocycles.